The Balaban J connectivity index is 1.70. The van der Waals surface area contributed by atoms with E-state index in [1.807, 2.05) is 38.1 Å². The van der Waals surface area contributed by atoms with Crippen LogP contribution in [0.1, 0.15) is 27.9 Å². The number of benzene rings is 1. The molecule has 0 atom stereocenters. The second kappa shape index (κ2) is 7.45. The average Bonchev–Trinajstić information content (AvgIpc) is 2.51. The lowest BCUT2D eigenvalue weighted by Crippen LogP contribution is -2.25. The maximum absolute atomic E-state index is 12.0. The van der Waals surface area contributed by atoms with Gasteiger partial charge in [0.15, 0.2) is 0 Å². The highest BCUT2D eigenvalue weighted by Gasteiger charge is 2.05. The van der Waals surface area contributed by atoms with E-state index in [0.29, 0.717) is 17.9 Å². The number of rotatable bonds is 6. The fourth-order valence-corrected chi connectivity index (χ4v) is 2.02. The number of aromatic nitrogens is 1. The van der Waals surface area contributed by atoms with Gasteiger partial charge in [0.1, 0.15) is 5.82 Å². The Morgan fingerprint density at radius 2 is 1.95 bits per heavy atom. The summed E-state index contributed by atoms with van der Waals surface area (Å²) in [5.74, 6) is 0.475. The molecule has 1 aromatic carbocycles. The van der Waals surface area contributed by atoms with Gasteiger partial charge in [-0.05, 0) is 55.7 Å². The number of aryl methyl sites for hydroxylation is 2. The number of nitrogens with one attached hydrogen (secondary N) is 2. The molecular formula is C17H22N4O. The van der Waals surface area contributed by atoms with Gasteiger partial charge in [0.25, 0.3) is 5.91 Å². The molecule has 0 saturated heterocycles. The number of amides is 1. The van der Waals surface area contributed by atoms with Crippen molar-refractivity contribution in [2.24, 2.45) is 0 Å². The number of pyridine rings is 1. The van der Waals surface area contributed by atoms with Crippen LogP contribution in [0.2, 0.25) is 0 Å². The lowest BCUT2D eigenvalue weighted by Gasteiger charge is -2.08. The Bertz CT molecular complexity index is 638. The molecule has 2 rings (SSSR count). The molecule has 0 saturated carbocycles. The summed E-state index contributed by atoms with van der Waals surface area (Å²) in [6.45, 7) is 5.44. The van der Waals surface area contributed by atoms with Crippen molar-refractivity contribution >= 4 is 17.4 Å². The van der Waals surface area contributed by atoms with E-state index in [2.05, 4.69) is 15.6 Å². The summed E-state index contributed by atoms with van der Waals surface area (Å²) in [5, 5.41) is 6.16. The van der Waals surface area contributed by atoms with Crippen molar-refractivity contribution in [3.05, 3.63) is 53.2 Å². The van der Waals surface area contributed by atoms with Gasteiger partial charge in [-0.2, -0.15) is 0 Å². The van der Waals surface area contributed by atoms with Crippen LogP contribution in [0.15, 0.2) is 36.5 Å². The molecule has 4 N–H and O–H groups in total. The summed E-state index contributed by atoms with van der Waals surface area (Å²) in [5.41, 5.74) is 9.48. The zero-order chi connectivity index (χ0) is 15.9. The summed E-state index contributed by atoms with van der Waals surface area (Å²) in [7, 11) is 0. The number of nitrogens with zero attached hydrogens (tertiary/aromatic N) is 1. The summed E-state index contributed by atoms with van der Waals surface area (Å²) in [6.07, 6.45) is 2.53. The van der Waals surface area contributed by atoms with Crippen molar-refractivity contribution < 1.29 is 4.79 Å². The number of carbonyl (C=O) groups excluding carboxylic acids is 1. The second-order valence-corrected chi connectivity index (χ2v) is 5.31. The Morgan fingerprint density at radius 1 is 1.14 bits per heavy atom. The molecule has 0 aliphatic heterocycles. The van der Waals surface area contributed by atoms with E-state index < -0.39 is 0 Å². The maximum atomic E-state index is 12.0. The summed E-state index contributed by atoms with van der Waals surface area (Å²) in [4.78, 5) is 16.0. The molecule has 0 bridgehead atoms. The van der Waals surface area contributed by atoms with Crippen LogP contribution < -0.4 is 16.4 Å². The third kappa shape index (κ3) is 4.48. The van der Waals surface area contributed by atoms with Crippen LogP contribution in [-0.2, 0) is 0 Å². The van der Waals surface area contributed by atoms with E-state index in [1.165, 1.54) is 5.56 Å². The van der Waals surface area contributed by atoms with Gasteiger partial charge < -0.3 is 16.4 Å². The summed E-state index contributed by atoms with van der Waals surface area (Å²) >= 11 is 0. The monoisotopic (exact) mass is 298 g/mol. The summed E-state index contributed by atoms with van der Waals surface area (Å²) in [6, 6.07) is 9.39. The van der Waals surface area contributed by atoms with Crippen molar-refractivity contribution in [2.75, 3.05) is 24.1 Å². The lowest BCUT2D eigenvalue weighted by atomic mass is 10.1. The zero-order valence-electron chi connectivity index (χ0n) is 13.0. The largest absolute Gasteiger partial charge is 0.384 e. The minimum absolute atomic E-state index is 0.0303. The Kier molecular flexibility index (Phi) is 5.36. The first-order valence-corrected chi connectivity index (χ1v) is 7.37. The molecule has 0 unspecified atom stereocenters. The molecule has 1 amide bonds. The normalized spacial score (nSPS) is 10.3. The van der Waals surface area contributed by atoms with E-state index in [9.17, 15) is 4.79 Å². The highest BCUT2D eigenvalue weighted by atomic mass is 16.1. The SMILES string of the molecule is Cc1ccc(C(=O)NCCCNc2ccc(N)nc2)cc1C. The van der Waals surface area contributed by atoms with Crippen molar-refractivity contribution in [1.29, 1.82) is 0 Å². The first-order chi connectivity index (χ1) is 10.6. The van der Waals surface area contributed by atoms with Gasteiger partial charge in [-0.15, -0.1) is 0 Å². The molecule has 0 fully saturated rings. The molecule has 1 heterocycles. The highest BCUT2D eigenvalue weighted by molar-refractivity contribution is 5.94. The Morgan fingerprint density at radius 3 is 2.64 bits per heavy atom. The zero-order valence-corrected chi connectivity index (χ0v) is 13.0. The van der Waals surface area contributed by atoms with Crippen molar-refractivity contribution in [3.63, 3.8) is 0 Å². The molecule has 0 spiro atoms. The van der Waals surface area contributed by atoms with Crippen LogP contribution in [0.5, 0.6) is 0 Å². The molecule has 5 nitrogen and oxygen atoms in total. The standard InChI is InChI=1S/C17H22N4O/c1-12-4-5-14(10-13(12)2)17(22)20-9-3-8-19-15-6-7-16(18)21-11-15/h4-7,10-11,19H,3,8-9H2,1-2H3,(H2,18,21)(H,20,22). The molecule has 5 heteroatoms. The quantitative estimate of drug-likeness (QED) is 0.716. The Hall–Kier alpha value is -2.56. The number of anilines is 2. The first-order valence-electron chi connectivity index (χ1n) is 7.37. The van der Waals surface area contributed by atoms with Gasteiger partial charge in [0.05, 0.1) is 11.9 Å². The minimum atomic E-state index is -0.0303. The predicted molar refractivity (Wildman–Crippen MR) is 90.0 cm³/mol. The fourth-order valence-electron chi connectivity index (χ4n) is 2.02. The van der Waals surface area contributed by atoms with Crippen molar-refractivity contribution in [1.82, 2.24) is 10.3 Å². The second-order valence-electron chi connectivity index (χ2n) is 5.31. The third-order valence-corrected chi connectivity index (χ3v) is 3.52. The molecule has 2 aromatic rings. The van der Waals surface area contributed by atoms with Gasteiger partial charge in [-0.3, -0.25) is 4.79 Å². The number of hydrogen-bond acceptors (Lipinski definition) is 4. The number of hydrogen-bond donors (Lipinski definition) is 3. The molecule has 0 aliphatic rings. The predicted octanol–water partition coefficient (Wildman–Crippen LogP) is 2.51. The number of carbonyl (C=O) groups is 1. The van der Waals surface area contributed by atoms with Gasteiger partial charge in [-0.1, -0.05) is 6.07 Å². The minimum Gasteiger partial charge on any atom is -0.384 e. The number of nitrogen functional groups attached to an aromatic ring is 1. The van der Waals surface area contributed by atoms with Crippen molar-refractivity contribution in [3.8, 4) is 0 Å². The van der Waals surface area contributed by atoms with Crippen LogP contribution in [-0.4, -0.2) is 24.0 Å². The highest BCUT2D eigenvalue weighted by Crippen LogP contribution is 2.09. The molecule has 0 radical (unpaired) electrons. The van der Waals surface area contributed by atoms with Gasteiger partial charge in [0.2, 0.25) is 0 Å². The van der Waals surface area contributed by atoms with Crippen LogP contribution in [0.25, 0.3) is 0 Å². The third-order valence-electron chi connectivity index (χ3n) is 3.52. The molecular weight excluding hydrogens is 276 g/mol. The molecule has 22 heavy (non-hydrogen) atoms. The topological polar surface area (TPSA) is 80.0 Å². The van der Waals surface area contributed by atoms with Gasteiger partial charge in [-0.25, -0.2) is 4.98 Å². The van der Waals surface area contributed by atoms with Crippen LogP contribution in [0.4, 0.5) is 11.5 Å². The molecule has 0 aliphatic carbocycles. The first kappa shape index (κ1) is 15.8. The maximum Gasteiger partial charge on any atom is 0.251 e. The van der Waals surface area contributed by atoms with Gasteiger partial charge >= 0.3 is 0 Å². The van der Waals surface area contributed by atoms with E-state index >= 15 is 0 Å². The molecule has 116 valence electrons. The number of nitrogens with two attached hydrogens (primary N) is 1. The van der Waals surface area contributed by atoms with Crippen LogP contribution in [0, 0.1) is 13.8 Å². The van der Waals surface area contributed by atoms with Crippen molar-refractivity contribution in [2.45, 2.75) is 20.3 Å². The van der Waals surface area contributed by atoms with Crippen LogP contribution in [0.3, 0.4) is 0 Å². The smallest absolute Gasteiger partial charge is 0.251 e. The van der Waals surface area contributed by atoms with E-state index in [1.54, 1.807) is 12.3 Å². The fraction of sp³-hybridized carbons (Fsp3) is 0.294. The lowest BCUT2D eigenvalue weighted by molar-refractivity contribution is 0.0953. The van der Waals surface area contributed by atoms with Gasteiger partial charge in [0, 0.05) is 18.7 Å². The van der Waals surface area contributed by atoms with E-state index in [-0.39, 0.29) is 5.91 Å². The average molecular weight is 298 g/mol. The van der Waals surface area contributed by atoms with E-state index in [0.717, 1.165) is 24.2 Å². The summed E-state index contributed by atoms with van der Waals surface area (Å²) < 4.78 is 0. The molecule has 1 aromatic heterocycles. The Labute approximate surface area is 130 Å². The van der Waals surface area contributed by atoms with E-state index in [4.69, 9.17) is 5.73 Å². The van der Waals surface area contributed by atoms with Crippen LogP contribution >= 0.6 is 0 Å².